The number of hydrogen-bond acceptors (Lipinski definition) is 3. The molecule has 3 aliphatic rings. The average molecular weight is 538 g/mol. The minimum absolute atomic E-state index is 0.175. The van der Waals surface area contributed by atoms with Gasteiger partial charge < -0.3 is 9.64 Å². The fourth-order valence-corrected chi connectivity index (χ4v) is 6.59. The van der Waals surface area contributed by atoms with Crippen LogP contribution in [-0.2, 0) is 17.6 Å². The summed E-state index contributed by atoms with van der Waals surface area (Å²) in [6.45, 7) is 9.58. The SMILES string of the molecule is [C-]#[N+]/C(C#N)=C1C=C(/C=C/c2ccc(N(c3ccc(C)cc3)c3cccc4c3CCCC4)cc2)OC2(CCCC2)C\1. The van der Waals surface area contributed by atoms with Crippen LogP contribution in [0.4, 0.5) is 17.1 Å². The molecule has 4 heteroatoms. The number of benzene rings is 3. The average Bonchev–Trinajstić information content (AvgIpc) is 3.45. The van der Waals surface area contributed by atoms with Crippen LogP contribution in [0.1, 0.15) is 67.2 Å². The van der Waals surface area contributed by atoms with Crippen LogP contribution in [0.25, 0.3) is 10.9 Å². The highest BCUT2D eigenvalue weighted by atomic mass is 16.5. The first-order valence-electron chi connectivity index (χ1n) is 14.7. The summed E-state index contributed by atoms with van der Waals surface area (Å²) in [5, 5.41) is 9.50. The van der Waals surface area contributed by atoms with E-state index in [0.717, 1.165) is 66.8 Å². The Morgan fingerprint density at radius 1 is 0.927 bits per heavy atom. The van der Waals surface area contributed by atoms with Gasteiger partial charge in [0.2, 0.25) is 0 Å². The molecule has 1 fully saturated rings. The number of nitrogens with zero attached hydrogens (tertiary/aromatic N) is 3. The minimum Gasteiger partial charge on any atom is -0.487 e. The lowest BCUT2D eigenvalue weighted by molar-refractivity contribution is 0.00776. The molecule has 204 valence electrons. The fraction of sp³-hybridized carbons (Fsp3) is 0.297. The third-order valence-electron chi connectivity index (χ3n) is 8.70. The van der Waals surface area contributed by atoms with Gasteiger partial charge in [-0.1, -0.05) is 48.0 Å². The van der Waals surface area contributed by atoms with Crippen molar-refractivity contribution in [1.29, 1.82) is 5.26 Å². The lowest BCUT2D eigenvalue weighted by Crippen LogP contribution is -2.31. The van der Waals surface area contributed by atoms with Crippen LogP contribution in [0.3, 0.4) is 0 Å². The Labute approximate surface area is 243 Å². The van der Waals surface area contributed by atoms with Crippen LogP contribution in [0.15, 0.2) is 95.9 Å². The molecule has 1 heterocycles. The van der Waals surface area contributed by atoms with Gasteiger partial charge in [0.25, 0.3) is 5.70 Å². The predicted molar refractivity (Wildman–Crippen MR) is 166 cm³/mol. The zero-order chi connectivity index (χ0) is 28.2. The van der Waals surface area contributed by atoms with E-state index >= 15 is 0 Å². The Morgan fingerprint density at radius 3 is 2.34 bits per heavy atom. The molecule has 2 aliphatic carbocycles. The summed E-state index contributed by atoms with van der Waals surface area (Å²) < 4.78 is 6.49. The van der Waals surface area contributed by atoms with Crippen molar-refractivity contribution in [2.24, 2.45) is 0 Å². The van der Waals surface area contributed by atoms with Gasteiger partial charge in [0, 0.05) is 23.5 Å². The lowest BCUT2D eigenvalue weighted by atomic mass is 9.88. The van der Waals surface area contributed by atoms with E-state index in [1.165, 1.54) is 35.2 Å². The molecule has 0 N–H and O–H groups in total. The van der Waals surface area contributed by atoms with Crippen LogP contribution in [0.5, 0.6) is 0 Å². The number of fused-ring (bicyclic) bond motifs is 1. The molecule has 41 heavy (non-hydrogen) atoms. The molecule has 3 aromatic rings. The molecule has 4 nitrogen and oxygen atoms in total. The Morgan fingerprint density at radius 2 is 1.63 bits per heavy atom. The summed E-state index contributed by atoms with van der Waals surface area (Å²) >= 11 is 0. The van der Waals surface area contributed by atoms with E-state index in [4.69, 9.17) is 11.3 Å². The van der Waals surface area contributed by atoms with E-state index in [2.05, 4.69) is 95.5 Å². The molecule has 0 unspecified atom stereocenters. The predicted octanol–water partition coefficient (Wildman–Crippen LogP) is 9.67. The van der Waals surface area contributed by atoms with Crippen LogP contribution >= 0.6 is 0 Å². The Bertz CT molecular complexity index is 1590. The Kier molecular flexibility index (Phi) is 7.49. The fourth-order valence-electron chi connectivity index (χ4n) is 6.59. The first kappa shape index (κ1) is 26.7. The molecular weight excluding hydrogens is 502 g/mol. The largest absolute Gasteiger partial charge is 0.487 e. The minimum atomic E-state index is -0.288. The molecule has 0 radical (unpaired) electrons. The van der Waals surface area contributed by atoms with Crippen molar-refractivity contribution in [2.75, 3.05) is 4.90 Å². The summed E-state index contributed by atoms with van der Waals surface area (Å²) in [4.78, 5) is 5.87. The summed E-state index contributed by atoms with van der Waals surface area (Å²) in [5.41, 5.74) is 9.49. The van der Waals surface area contributed by atoms with Gasteiger partial charge in [-0.15, -0.1) is 0 Å². The molecule has 3 aromatic carbocycles. The number of aryl methyl sites for hydroxylation is 2. The van der Waals surface area contributed by atoms with Crippen LogP contribution in [0.2, 0.25) is 0 Å². The van der Waals surface area contributed by atoms with Crippen molar-refractivity contribution in [3.8, 4) is 6.07 Å². The quantitative estimate of drug-likeness (QED) is 0.240. The van der Waals surface area contributed by atoms with Crippen molar-refractivity contribution in [2.45, 2.75) is 70.3 Å². The van der Waals surface area contributed by atoms with Crippen LogP contribution < -0.4 is 4.90 Å². The second-order valence-corrected chi connectivity index (χ2v) is 11.5. The van der Waals surface area contributed by atoms with Crippen molar-refractivity contribution >= 4 is 23.1 Å². The number of anilines is 3. The van der Waals surface area contributed by atoms with E-state index in [9.17, 15) is 5.26 Å². The van der Waals surface area contributed by atoms with Crippen molar-refractivity contribution in [3.63, 3.8) is 0 Å². The van der Waals surface area contributed by atoms with Gasteiger partial charge >= 0.3 is 0 Å². The van der Waals surface area contributed by atoms with E-state index in [0.29, 0.717) is 6.42 Å². The molecular formula is C37H35N3O. The second-order valence-electron chi connectivity index (χ2n) is 11.5. The molecule has 0 saturated heterocycles. The summed E-state index contributed by atoms with van der Waals surface area (Å²) in [6, 6.07) is 26.3. The number of nitriles is 1. The highest BCUT2D eigenvalue weighted by Crippen LogP contribution is 2.44. The van der Waals surface area contributed by atoms with Crippen LogP contribution in [0, 0.1) is 24.8 Å². The van der Waals surface area contributed by atoms with E-state index < -0.39 is 0 Å². The van der Waals surface area contributed by atoms with Gasteiger partial charge in [-0.3, -0.25) is 0 Å². The van der Waals surface area contributed by atoms with Crippen LogP contribution in [-0.4, -0.2) is 5.60 Å². The van der Waals surface area contributed by atoms with Gasteiger partial charge in [0.15, 0.2) is 0 Å². The van der Waals surface area contributed by atoms with E-state index in [-0.39, 0.29) is 11.3 Å². The molecule has 6 rings (SSSR count). The number of allylic oxidation sites excluding steroid dienone is 3. The normalized spacial score (nSPS) is 18.7. The maximum Gasteiger partial charge on any atom is 0.265 e. The number of rotatable bonds is 5. The van der Waals surface area contributed by atoms with Crippen molar-refractivity contribution in [3.05, 3.63) is 130 Å². The van der Waals surface area contributed by atoms with Gasteiger partial charge in [0.05, 0.1) is 12.6 Å². The molecule has 1 aliphatic heterocycles. The summed E-state index contributed by atoms with van der Waals surface area (Å²) in [7, 11) is 0. The van der Waals surface area contributed by atoms with Crippen molar-refractivity contribution in [1.82, 2.24) is 0 Å². The van der Waals surface area contributed by atoms with Gasteiger partial charge in [-0.2, -0.15) is 0 Å². The lowest BCUT2D eigenvalue weighted by Gasteiger charge is -2.35. The first-order valence-corrected chi connectivity index (χ1v) is 14.7. The smallest absolute Gasteiger partial charge is 0.265 e. The monoisotopic (exact) mass is 537 g/mol. The molecule has 0 aromatic heterocycles. The highest BCUT2D eigenvalue weighted by Gasteiger charge is 2.39. The molecule has 1 spiro atoms. The zero-order valence-electron chi connectivity index (χ0n) is 23.7. The molecule has 0 atom stereocenters. The van der Waals surface area contributed by atoms with Gasteiger partial charge in [0.1, 0.15) is 11.4 Å². The Hall–Kier alpha value is -4.54. The molecule has 0 amide bonds. The van der Waals surface area contributed by atoms with Gasteiger partial charge in [-0.25, -0.2) is 10.1 Å². The summed E-state index contributed by atoms with van der Waals surface area (Å²) in [5.74, 6) is 0.728. The summed E-state index contributed by atoms with van der Waals surface area (Å²) in [6.07, 6.45) is 15.5. The maximum absolute atomic E-state index is 9.50. The molecule has 0 bridgehead atoms. The zero-order valence-corrected chi connectivity index (χ0v) is 23.7. The topological polar surface area (TPSA) is 40.6 Å². The second kappa shape index (κ2) is 11.5. The Balaban J connectivity index is 1.32. The standard InChI is InChI=1S/C37H35N3O/c1-27-12-17-31(18-13-27)40(36-11-7-9-29-8-3-4-10-34(29)36)32-19-14-28(15-20-32)16-21-33-24-30(35(26-38)39-2)25-37(41-33)22-5-6-23-37/h7,9,11-21,24H,3-6,8,10,22-23,25H2,1H3/b21-16+,35-30+. The van der Waals surface area contributed by atoms with Crippen molar-refractivity contribution < 1.29 is 4.74 Å². The number of ether oxygens (including phenoxy) is 1. The first-order chi connectivity index (χ1) is 20.1. The molecule has 1 saturated carbocycles. The third kappa shape index (κ3) is 5.57. The highest BCUT2D eigenvalue weighted by molar-refractivity contribution is 5.80. The van der Waals surface area contributed by atoms with E-state index in [1.807, 2.05) is 12.2 Å². The van der Waals surface area contributed by atoms with E-state index in [1.54, 1.807) is 0 Å². The third-order valence-corrected chi connectivity index (χ3v) is 8.70. The number of hydrogen-bond donors (Lipinski definition) is 0. The maximum atomic E-state index is 9.50. The van der Waals surface area contributed by atoms with Gasteiger partial charge in [-0.05, 0) is 123 Å².